The Kier molecular flexibility index (Phi) is 7.76. The van der Waals surface area contributed by atoms with Crippen LogP contribution in [0.2, 0.25) is 0 Å². The number of carbonyl (C=O) groups excluding carboxylic acids is 1. The third-order valence-corrected chi connectivity index (χ3v) is 7.54. The zero-order valence-electron chi connectivity index (χ0n) is 17.9. The molecule has 33 heavy (non-hydrogen) atoms. The Bertz CT molecular complexity index is 1050. The topological polar surface area (TPSA) is 78.5 Å². The molecule has 11 heteroatoms. The molecule has 2 aromatic rings. The van der Waals surface area contributed by atoms with Crippen molar-refractivity contribution in [3.63, 3.8) is 0 Å². The number of amides is 1. The van der Waals surface area contributed by atoms with Crippen LogP contribution in [0.5, 0.6) is 0 Å². The maximum absolute atomic E-state index is 13.2. The Morgan fingerprint density at radius 1 is 1.15 bits per heavy atom. The molecule has 2 unspecified atom stereocenters. The Morgan fingerprint density at radius 2 is 1.79 bits per heavy atom. The van der Waals surface area contributed by atoms with Crippen LogP contribution in [0, 0.1) is 11.7 Å². The predicted octanol–water partition coefficient (Wildman–Crippen LogP) is 3.32. The van der Waals surface area contributed by atoms with Gasteiger partial charge in [0.05, 0.1) is 23.0 Å². The van der Waals surface area contributed by atoms with Gasteiger partial charge in [0.25, 0.3) is 0 Å². The third kappa shape index (κ3) is 6.10. The van der Waals surface area contributed by atoms with Gasteiger partial charge in [-0.05, 0) is 60.8 Å². The van der Waals surface area contributed by atoms with Crippen molar-refractivity contribution in [3.05, 3.63) is 65.5 Å². The molecule has 6 nitrogen and oxygen atoms in total. The number of sulfonamides is 1. The van der Waals surface area contributed by atoms with Crippen molar-refractivity contribution in [1.82, 2.24) is 14.9 Å². The van der Waals surface area contributed by atoms with Crippen LogP contribution in [0.1, 0.15) is 30.5 Å². The summed E-state index contributed by atoms with van der Waals surface area (Å²) in [5.74, 6) is -1.23. The van der Waals surface area contributed by atoms with Crippen LogP contribution in [0.4, 0.5) is 17.6 Å². The van der Waals surface area contributed by atoms with Crippen LogP contribution in [0.25, 0.3) is 0 Å². The van der Waals surface area contributed by atoms with Crippen molar-refractivity contribution in [2.75, 3.05) is 26.2 Å². The molecule has 1 fully saturated rings. The van der Waals surface area contributed by atoms with Gasteiger partial charge in [0.2, 0.25) is 15.9 Å². The number of nitrogens with one attached hydrogen (secondary N) is 2. The molecule has 0 bridgehead atoms. The van der Waals surface area contributed by atoms with Gasteiger partial charge < -0.3 is 10.6 Å². The summed E-state index contributed by atoms with van der Waals surface area (Å²) in [5.41, 5.74) is -0.280. The Hall–Kier alpha value is -2.50. The molecular formula is C22H25F4N3O3S. The first-order valence-electron chi connectivity index (χ1n) is 10.5. The summed E-state index contributed by atoms with van der Waals surface area (Å²) in [6, 6.07) is 8.31. The van der Waals surface area contributed by atoms with Gasteiger partial charge in [-0.15, -0.1) is 0 Å². The molecule has 0 aromatic heterocycles. The molecule has 3 rings (SSSR count). The maximum atomic E-state index is 13.2. The average molecular weight is 488 g/mol. The van der Waals surface area contributed by atoms with Crippen molar-refractivity contribution in [1.29, 1.82) is 0 Å². The first-order chi connectivity index (χ1) is 15.5. The summed E-state index contributed by atoms with van der Waals surface area (Å²) in [6.07, 6.45) is -3.76. The van der Waals surface area contributed by atoms with E-state index < -0.39 is 46.1 Å². The minimum atomic E-state index is -4.47. The highest BCUT2D eigenvalue weighted by Crippen LogP contribution is 2.32. The van der Waals surface area contributed by atoms with E-state index in [0.717, 1.165) is 40.7 Å². The molecule has 1 saturated heterocycles. The fourth-order valence-corrected chi connectivity index (χ4v) is 5.22. The Labute approximate surface area is 190 Å². The lowest BCUT2D eigenvalue weighted by atomic mass is 9.91. The van der Waals surface area contributed by atoms with Crippen molar-refractivity contribution < 1.29 is 30.8 Å². The second-order valence-corrected chi connectivity index (χ2v) is 9.74. The molecule has 1 aliphatic heterocycles. The molecule has 1 amide bonds. The van der Waals surface area contributed by atoms with Crippen LogP contribution >= 0.6 is 0 Å². The SMILES string of the molecule is CCN(CC(=O)NC(c1ccc(C(F)(F)F)cc1)C1CCNC1)S(=O)(=O)c1ccc(F)cc1. The smallest absolute Gasteiger partial charge is 0.348 e. The second-order valence-electron chi connectivity index (χ2n) is 7.80. The minimum Gasteiger partial charge on any atom is -0.348 e. The zero-order chi connectivity index (χ0) is 24.2. The summed E-state index contributed by atoms with van der Waals surface area (Å²) in [7, 11) is -4.04. The molecule has 2 aromatic carbocycles. The van der Waals surface area contributed by atoms with E-state index in [2.05, 4.69) is 10.6 Å². The second kappa shape index (κ2) is 10.2. The van der Waals surface area contributed by atoms with Gasteiger partial charge >= 0.3 is 6.18 Å². The molecule has 180 valence electrons. The number of hydrogen-bond donors (Lipinski definition) is 2. The lowest BCUT2D eigenvalue weighted by molar-refractivity contribution is -0.137. The fraction of sp³-hybridized carbons (Fsp3) is 0.409. The quantitative estimate of drug-likeness (QED) is 0.560. The molecule has 1 aliphatic rings. The number of rotatable bonds is 8. The lowest BCUT2D eigenvalue weighted by Gasteiger charge is -2.27. The van der Waals surface area contributed by atoms with E-state index in [4.69, 9.17) is 0 Å². The summed E-state index contributed by atoms with van der Waals surface area (Å²) in [6.45, 7) is 2.37. The van der Waals surface area contributed by atoms with Gasteiger partial charge in [-0.1, -0.05) is 19.1 Å². The van der Waals surface area contributed by atoms with Gasteiger partial charge in [0, 0.05) is 13.1 Å². The molecular weight excluding hydrogens is 462 g/mol. The van der Waals surface area contributed by atoms with Crippen LogP contribution in [-0.2, 0) is 21.0 Å². The standard InChI is InChI=1S/C22H25F4N3O3S/c1-2-29(33(31,32)19-9-7-18(23)8-10-19)14-20(30)28-21(16-11-12-27-13-16)15-3-5-17(6-4-15)22(24,25)26/h3-10,16,21,27H,2,11-14H2,1H3,(H,28,30). The largest absolute Gasteiger partial charge is 0.416 e. The van der Waals surface area contributed by atoms with Crippen molar-refractivity contribution in [2.24, 2.45) is 5.92 Å². The van der Waals surface area contributed by atoms with Crippen molar-refractivity contribution >= 4 is 15.9 Å². The highest BCUT2D eigenvalue weighted by atomic mass is 32.2. The molecule has 1 heterocycles. The lowest BCUT2D eigenvalue weighted by Crippen LogP contribution is -2.43. The van der Waals surface area contributed by atoms with E-state index in [1.54, 1.807) is 6.92 Å². The number of likely N-dealkylation sites (N-methyl/N-ethyl adjacent to an activating group) is 1. The normalized spacial score (nSPS) is 17.8. The fourth-order valence-electron chi connectivity index (χ4n) is 3.82. The van der Waals surface area contributed by atoms with Crippen LogP contribution < -0.4 is 10.6 Å². The van der Waals surface area contributed by atoms with Gasteiger partial charge in [-0.3, -0.25) is 4.79 Å². The van der Waals surface area contributed by atoms with Crippen LogP contribution in [0.3, 0.4) is 0 Å². The number of hydrogen-bond acceptors (Lipinski definition) is 4. The summed E-state index contributed by atoms with van der Waals surface area (Å²) >= 11 is 0. The number of nitrogens with zero attached hydrogens (tertiary/aromatic N) is 1. The predicted molar refractivity (Wildman–Crippen MR) is 114 cm³/mol. The highest BCUT2D eigenvalue weighted by Gasteiger charge is 2.33. The summed E-state index contributed by atoms with van der Waals surface area (Å²) in [5, 5.41) is 5.97. The molecule has 2 N–H and O–H groups in total. The molecule has 0 radical (unpaired) electrons. The van der Waals surface area contributed by atoms with E-state index in [-0.39, 0.29) is 17.4 Å². The molecule has 2 atom stereocenters. The monoisotopic (exact) mass is 487 g/mol. The number of benzene rings is 2. The van der Waals surface area contributed by atoms with Crippen LogP contribution in [0.15, 0.2) is 53.4 Å². The van der Waals surface area contributed by atoms with E-state index in [1.807, 2.05) is 0 Å². The van der Waals surface area contributed by atoms with Gasteiger partial charge in [-0.2, -0.15) is 17.5 Å². The Balaban J connectivity index is 1.78. The van der Waals surface area contributed by atoms with Gasteiger partial charge in [-0.25, -0.2) is 12.8 Å². The van der Waals surface area contributed by atoms with E-state index in [0.29, 0.717) is 25.1 Å². The number of halogens is 4. The van der Waals surface area contributed by atoms with Gasteiger partial charge in [0.15, 0.2) is 0 Å². The minimum absolute atomic E-state index is 0.00304. The molecule has 0 aliphatic carbocycles. The highest BCUT2D eigenvalue weighted by molar-refractivity contribution is 7.89. The third-order valence-electron chi connectivity index (χ3n) is 5.61. The van der Waals surface area contributed by atoms with Crippen LogP contribution in [-0.4, -0.2) is 44.8 Å². The number of carbonyl (C=O) groups is 1. The number of alkyl halides is 3. The molecule has 0 saturated carbocycles. The average Bonchev–Trinajstić information content (AvgIpc) is 3.30. The van der Waals surface area contributed by atoms with E-state index >= 15 is 0 Å². The van der Waals surface area contributed by atoms with E-state index in [9.17, 15) is 30.8 Å². The van der Waals surface area contributed by atoms with Crippen molar-refractivity contribution in [2.45, 2.75) is 30.5 Å². The van der Waals surface area contributed by atoms with Crippen molar-refractivity contribution in [3.8, 4) is 0 Å². The first kappa shape index (κ1) is 25.1. The Morgan fingerprint density at radius 3 is 2.30 bits per heavy atom. The maximum Gasteiger partial charge on any atom is 0.416 e. The zero-order valence-corrected chi connectivity index (χ0v) is 18.7. The summed E-state index contributed by atoms with van der Waals surface area (Å²) < 4.78 is 78.6. The first-order valence-corrected chi connectivity index (χ1v) is 11.9. The van der Waals surface area contributed by atoms with E-state index in [1.165, 1.54) is 12.1 Å². The summed E-state index contributed by atoms with van der Waals surface area (Å²) in [4.78, 5) is 12.7. The van der Waals surface area contributed by atoms with Gasteiger partial charge in [0.1, 0.15) is 5.82 Å². The molecule has 0 spiro atoms.